The molecular weight excluding hydrogens is 346 g/mol. The van der Waals surface area contributed by atoms with Gasteiger partial charge in [-0.15, -0.1) is 20.4 Å². The third-order valence-electron chi connectivity index (χ3n) is 4.36. The SMILES string of the molecule is N#Cc1ccc(Sc2nnc(-c3c[nH]c4ccccc34)n2C2CC2)nn1. The first kappa shape index (κ1) is 15.1. The number of rotatable bonds is 4. The lowest BCUT2D eigenvalue weighted by Crippen LogP contribution is -2.00. The second-order valence-corrected chi connectivity index (χ2v) is 7.11. The van der Waals surface area contributed by atoms with E-state index in [2.05, 4.69) is 42.1 Å². The normalized spacial score (nSPS) is 13.8. The standard InChI is InChI=1S/C18H13N7S/c19-9-11-5-8-16(22-21-11)26-18-24-23-17(25(18)12-6-7-12)14-10-20-15-4-2-1-3-13(14)15/h1-5,8,10,12,20H,6-7H2. The van der Waals surface area contributed by atoms with Crippen LogP contribution in [0.4, 0.5) is 0 Å². The van der Waals surface area contributed by atoms with E-state index in [1.54, 1.807) is 12.1 Å². The Hall–Kier alpha value is -3.18. The molecule has 3 heterocycles. The summed E-state index contributed by atoms with van der Waals surface area (Å²) < 4.78 is 2.19. The van der Waals surface area contributed by atoms with Gasteiger partial charge in [0, 0.05) is 28.7 Å². The zero-order chi connectivity index (χ0) is 17.5. The van der Waals surface area contributed by atoms with Crippen LogP contribution in [0.1, 0.15) is 24.6 Å². The molecule has 4 aromatic rings. The molecule has 1 fully saturated rings. The highest BCUT2D eigenvalue weighted by atomic mass is 32.2. The maximum Gasteiger partial charge on any atom is 0.198 e. The number of hydrogen-bond donors (Lipinski definition) is 1. The fourth-order valence-corrected chi connectivity index (χ4v) is 3.80. The van der Waals surface area contributed by atoms with E-state index in [-0.39, 0.29) is 0 Å². The Kier molecular flexibility index (Phi) is 3.47. The number of nitriles is 1. The number of benzene rings is 1. The van der Waals surface area contributed by atoms with Crippen molar-refractivity contribution in [3.63, 3.8) is 0 Å². The molecule has 1 N–H and O–H groups in total. The van der Waals surface area contributed by atoms with Crippen molar-refractivity contribution in [1.82, 2.24) is 29.9 Å². The highest BCUT2D eigenvalue weighted by Gasteiger charge is 2.31. The first-order valence-electron chi connectivity index (χ1n) is 8.26. The highest BCUT2D eigenvalue weighted by molar-refractivity contribution is 7.99. The van der Waals surface area contributed by atoms with Crippen LogP contribution in [0.25, 0.3) is 22.3 Å². The second kappa shape index (κ2) is 5.97. The molecule has 7 nitrogen and oxygen atoms in total. The zero-order valence-electron chi connectivity index (χ0n) is 13.6. The first-order chi connectivity index (χ1) is 12.8. The molecule has 1 aromatic carbocycles. The van der Waals surface area contributed by atoms with Crippen molar-refractivity contribution in [2.24, 2.45) is 0 Å². The molecule has 0 aliphatic heterocycles. The Balaban J connectivity index is 1.57. The van der Waals surface area contributed by atoms with Gasteiger partial charge in [-0.1, -0.05) is 18.2 Å². The number of para-hydroxylation sites is 1. The van der Waals surface area contributed by atoms with Gasteiger partial charge in [0.25, 0.3) is 0 Å². The summed E-state index contributed by atoms with van der Waals surface area (Å²) >= 11 is 1.42. The van der Waals surface area contributed by atoms with E-state index in [0.29, 0.717) is 16.8 Å². The van der Waals surface area contributed by atoms with Crippen LogP contribution in [-0.2, 0) is 0 Å². The quantitative estimate of drug-likeness (QED) is 0.598. The maximum absolute atomic E-state index is 8.85. The fourth-order valence-electron chi connectivity index (χ4n) is 2.98. The lowest BCUT2D eigenvalue weighted by molar-refractivity contribution is 0.668. The minimum Gasteiger partial charge on any atom is -0.360 e. The molecule has 1 aliphatic carbocycles. The van der Waals surface area contributed by atoms with Crippen molar-refractivity contribution in [1.29, 1.82) is 5.26 Å². The summed E-state index contributed by atoms with van der Waals surface area (Å²) in [7, 11) is 0. The summed E-state index contributed by atoms with van der Waals surface area (Å²) in [5.74, 6) is 0.869. The minimum absolute atomic E-state index is 0.303. The van der Waals surface area contributed by atoms with Gasteiger partial charge in [-0.2, -0.15) is 5.26 Å². The number of fused-ring (bicyclic) bond motifs is 1. The van der Waals surface area contributed by atoms with Gasteiger partial charge in [0.05, 0.1) is 0 Å². The van der Waals surface area contributed by atoms with Crippen LogP contribution in [0.15, 0.2) is 52.8 Å². The van der Waals surface area contributed by atoms with Crippen molar-refractivity contribution in [3.05, 3.63) is 48.3 Å². The second-order valence-electron chi connectivity index (χ2n) is 6.13. The number of H-pyrrole nitrogens is 1. The van der Waals surface area contributed by atoms with Crippen LogP contribution >= 0.6 is 11.8 Å². The smallest absolute Gasteiger partial charge is 0.198 e. The zero-order valence-corrected chi connectivity index (χ0v) is 14.4. The van der Waals surface area contributed by atoms with E-state index in [1.165, 1.54) is 11.8 Å². The summed E-state index contributed by atoms with van der Waals surface area (Å²) in [6, 6.07) is 14.0. The van der Waals surface area contributed by atoms with Crippen LogP contribution in [0.3, 0.4) is 0 Å². The van der Waals surface area contributed by atoms with E-state index >= 15 is 0 Å². The van der Waals surface area contributed by atoms with Gasteiger partial charge in [0.2, 0.25) is 0 Å². The van der Waals surface area contributed by atoms with E-state index in [4.69, 9.17) is 5.26 Å². The van der Waals surface area contributed by atoms with Gasteiger partial charge in [-0.25, -0.2) is 0 Å². The summed E-state index contributed by atoms with van der Waals surface area (Å²) in [5, 5.41) is 28.3. The molecule has 0 radical (unpaired) electrons. The minimum atomic E-state index is 0.303. The summed E-state index contributed by atoms with van der Waals surface area (Å²) in [6.07, 6.45) is 4.24. The van der Waals surface area contributed by atoms with Gasteiger partial charge in [0.15, 0.2) is 16.7 Å². The molecule has 0 unspecified atom stereocenters. The molecule has 8 heteroatoms. The van der Waals surface area contributed by atoms with E-state index in [1.807, 2.05) is 24.4 Å². The molecule has 26 heavy (non-hydrogen) atoms. The van der Waals surface area contributed by atoms with Crippen molar-refractivity contribution in [3.8, 4) is 17.5 Å². The summed E-state index contributed by atoms with van der Waals surface area (Å²) in [4.78, 5) is 3.30. The van der Waals surface area contributed by atoms with E-state index < -0.39 is 0 Å². The van der Waals surface area contributed by atoms with Crippen LogP contribution in [0.5, 0.6) is 0 Å². The van der Waals surface area contributed by atoms with Crippen LogP contribution in [0.2, 0.25) is 0 Å². The van der Waals surface area contributed by atoms with Gasteiger partial charge >= 0.3 is 0 Å². The number of nitrogens with zero attached hydrogens (tertiary/aromatic N) is 6. The van der Waals surface area contributed by atoms with Gasteiger partial charge < -0.3 is 4.98 Å². The molecule has 0 spiro atoms. The van der Waals surface area contributed by atoms with Crippen molar-refractivity contribution >= 4 is 22.7 Å². The van der Waals surface area contributed by atoms with E-state index in [9.17, 15) is 0 Å². The third-order valence-corrected chi connectivity index (χ3v) is 5.24. The summed E-state index contributed by atoms with van der Waals surface area (Å²) in [6.45, 7) is 0. The Morgan fingerprint density at radius 1 is 1.08 bits per heavy atom. The molecule has 0 bridgehead atoms. The molecule has 0 atom stereocenters. The lowest BCUT2D eigenvalue weighted by atomic mass is 10.1. The number of nitrogens with one attached hydrogen (secondary N) is 1. The van der Waals surface area contributed by atoms with Gasteiger partial charge in [-0.3, -0.25) is 4.57 Å². The molecular formula is C18H13N7S. The monoisotopic (exact) mass is 359 g/mol. The number of aromatic nitrogens is 6. The molecule has 0 amide bonds. The predicted octanol–water partition coefficient (Wildman–Crippen LogP) is 3.57. The lowest BCUT2D eigenvalue weighted by Gasteiger charge is -2.07. The molecule has 3 aromatic heterocycles. The van der Waals surface area contributed by atoms with Crippen molar-refractivity contribution in [2.45, 2.75) is 29.1 Å². The van der Waals surface area contributed by atoms with Crippen molar-refractivity contribution < 1.29 is 0 Å². The van der Waals surface area contributed by atoms with Crippen molar-refractivity contribution in [2.75, 3.05) is 0 Å². The first-order valence-corrected chi connectivity index (χ1v) is 9.08. The Morgan fingerprint density at radius 2 is 1.96 bits per heavy atom. The Bertz CT molecular complexity index is 1130. The topological polar surface area (TPSA) is 96.1 Å². The van der Waals surface area contributed by atoms with Gasteiger partial charge in [0.1, 0.15) is 11.1 Å². The Morgan fingerprint density at radius 3 is 2.73 bits per heavy atom. The van der Waals surface area contributed by atoms with E-state index in [0.717, 1.165) is 40.3 Å². The molecule has 1 aliphatic rings. The maximum atomic E-state index is 8.85. The summed E-state index contributed by atoms with van der Waals surface area (Å²) in [5.41, 5.74) is 2.44. The van der Waals surface area contributed by atoms with Crippen LogP contribution in [-0.4, -0.2) is 29.9 Å². The fraction of sp³-hybridized carbons (Fsp3) is 0.167. The van der Waals surface area contributed by atoms with Gasteiger partial charge in [-0.05, 0) is 42.8 Å². The number of hydrogen-bond acceptors (Lipinski definition) is 6. The molecule has 1 saturated carbocycles. The number of aromatic amines is 1. The average Bonchev–Trinajstić information content (AvgIpc) is 3.30. The van der Waals surface area contributed by atoms with Crippen LogP contribution < -0.4 is 0 Å². The predicted molar refractivity (Wildman–Crippen MR) is 96.5 cm³/mol. The molecule has 126 valence electrons. The third kappa shape index (κ3) is 2.53. The molecule has 0 saturated heterocycles. The largest absolute Gasteiger partial charge is 0.360 e. The average molecular weight is 359 g/mol. The highest BCUT2D eigenvalue weighted by Crippen LogP contribution is 2.43. The Labute approximate surface area is 153 Å². The van der Waals surface area contributed by atoms with Crippen LogP contribution in [0, 0.1) is 11.3 Å². The molecule has 5 rings (SSSR count).